The minimum Gasteiger partial charge on any atom is -0.353 e. The van der Waals surface area contributed by atoms with Gasteiger partial charge >= 0.3 is 0 Å². The summed E-state index contributed by atoms with van der Waals surface area (Å²) in [6, 6.07) is 10.4. The largest absolute Gasteiger partial charge is 0.353 e. The molecule has 1 atom stereocenters. The Morgan fingerprint density at radius 1 is 1.32 bits per heavy atom. The first kappa shape index (κ1) is 17.7. The molecule has 6 nitrogen and oxygen atoms in total. The second-order valence-corrected chi connectivity index (χ2v) is 6.98. The normalized spacial score (nSPS) is 12.2. The molecule has 0 spiro atoms. The second-order valence-electron chi connectivity index (χ2n) is 5.68. The van der Waals surface area contributed by atoms with Crippen LogP contribution < -0.4 is 5.32 Å². The number of aryl methyl sites for hydroxylation is 1. The monoisotopic (exact) mass is 375 g/mol. The summed E-state index contributed by atoms with van der Waals surface area (Å²) in [7, 11) is 0. The number of aromatic amines is 1. The van der Waals surface area contributed by atoms with Gasteiger partial charge in [0, 0.05) is 6.04 Å². The van der Waals surface area contributed by atoms with E-state index in [1.165, 1.54) is 23.7 Å². The molecule has 0 saturated carbocycles. The van der Waals surface area contributed by atoms with Gasteiger partial charge in [0.25, 0.3) is 0 Å². The number of carbonyl (C=O) groups is 1. The number of halogens is 1. The summed E-state index contributed by atoms with van der Waals surface area (Å²) >= 11 is 7.20. The summed E-state index contributed by atoms with van der Waals surface area (Å²) in [4.78, 5) is 27.4. The van der Waals surface area contributed by atoms with E-state index in [0.717, 1.165) is 12.8 Å². The third kappa shape index (κ3) is 4.93. The molecule has 1 aromatic carbocycles. The van der Waals surface area contributed by atoms with Gasteiger partial charge in [0.2, 0.25) is 11.2 Å². The van der Waals surface area contributed by atoms with Crippen LogP contribution in [0.4, 0.5) is 0 Å². The van der Waals surface area contributed by atoms with E-state index < -0.39 is 0 Å². The maximum absolute atomic E-state index is 12.2. The number of carbonyl (C=O) groups excluding carboxylic acids is 1. The zero-order chi connectivity index (χ0) is 17.6. The van der Waals surface area contributed by atoms with Gasteiger partial charge in [0.1, 0.15) is 10.5 Å². The van der Waals surface area contributed by atoms with Gasteiger partial charge < -0.3 is 10.3 Å². The Bertz CT molecular complexity index is 855. The molecule has 0 radical (unpaired) electrons. The molecule has 0 aliphatic carbocycles. The Morgan fingerprint density at radius 2 is 2.12 bits per heavy atom. The van der Waals surface area contributed by atoms with Gasteiger partial charge in [-0.05, 0) is 36.9 Å². The average Bonchev–Trinajstić information content (AvgIpc) is 3.07. The molecule has 0 fully saturated rings. The summed E-state index contributed by atoms with van der Waals surface area (Å²) in [5.41, 5.74) is 2.47. The highest BCUT2D eigenvalue weighted by atomic mass is 35.5. The lowest BCUT2D eigenvalue weighted by Gasteiger charge is -2.13. The Balaban J connectivity index is 1.49. The molecule has 2 aromatic heterocycles. The zero-order valence-electron chi connectivity index (χ0n) is 13.7. The van der Waals surface area contributed by atoms with E-state index in [1.807, 2.05) is 25.1 Å². The van der Waals surface area contributed by atoms with E-state index >= 15 is 0 Å². The fraction of sp³-hybridized carbons (Fsp3) is 0.294. The number of H-pyrrole nitrogens is 1. The average molecular weight is 376 g/mol. The molecule has 0 aliphatic rings. The van der Waals surface area contributed by atoms with Gasteiger partial charge in [-0.25, -0.2) is 9.97 Å². The number of imidazole rings is 1. The summed E-state index contributed by atoms with van der Waals surface area (Å²) in [6.45, 7) is 2.01. The zero-order valence-corrected chi connectivity index (χ0v) is 15.3. The lowest BCUT2D eigenvalue weighted by atomic mass is 10.1. The van der Waals surface area contributed by atoms with Gasteiger partial charge in [-0.3, -0.25) is 4.79 Å². The van der Waals surface area contributed by atoms with Gasteiger partial charge in [-0.2, -0.15) is 4.98 Å². The van der Waals surface area contributed by atoms with Crippen molar-refractivity contribution < 1.29 is 4.79 Å². The smallest absolute Gasteiger partial charge is 0.230 e. The SMILES string of the molecule is C[C@@H](CCc1ccccc1)NC(=O)CSc1nc(Cl)nc2nc[nH]c12. The highest BCUT2D eigenvalue weighted by molar-refractivity contribution is 8.00. The number of benzene rings is 1. The van der Waals surface area contributed by atoms with Gasteiger partial charge in [-0.1, -0.05) is 42.1 Å². The first-order chi connectivity index (χ1) is 12.1. The van der Waals surface area contributed by atoms with Crippen molar-refractivity contribution >= 4 is 40.4 Å². The van der Waals surface area contributed by atoms with Crippen LogP contribution in [-0.4, -0.2) is 37.6 Å². The van der Waals surface area contributed by atoms with Crippen LogP contribution in [0.1, 0.15) is 18.9 Å². The quantitative estimate of drug-likeness (QED) is 0.376. The van der Waals surface area contributed by atoms with Crippen molar-refractivity contribution in [2.24, 2.45) is 0 Å². The van der Waals surface area contributed by atoms with Crippen LogP contribution in [0.2, 0.25) is 5.28 Å². The molecular weight excluding hydrogens is 358 g/mol. The van der Waals surface area contributed by atoms with E-state index in [-0.39, 0.29) is 23.0 Å². The van der Waals surface area contributed by atoms with Crippen LogP contribution >= 0.6 is 23.4 Å². The fourth-order valence-electron chi connectivity index (χ4n) is 2.44. The lowest BCUT2D eigenvalue weighted by molar-refractivity contribution is -0.119. The number of thioether (sulfide) groups is 1. The Morgan fingerprint density at radius 3 is 2.92 bits per heavy atom. The number of amides is 1. The van der Waals surface area contributed by atoms with Crippen LogP contribution in [0, 0.1) is 0 Å². The number of hydrogen-bond donors (Lipinski definition) is 2. The van der Waals surface area contributed by atoms with Crippen LogP contribution in [0.3, 0.4) is 0 Å². The van der Waals surface area contributed by atoms with Crippen LogP contribution in [0.5, 0.6) is 0 Å². The molecule has 3 aromatic rings. The van der Waals surface area contributed by atoms with E-state index in [2.05, 4.69) is 37.4 Å². The fourth-order valence-corrected chi connectivity index (χ4v) is 3.45. The standard InChI is InChI=1S/C17H18ClN5OS/c1-11(7-8-12-5-3-2-4-6-12)21-13(24)9-25-16-14-15(20-10-19-14)22-17(18)23-16/h2-6,10-11H,7-9H2,1H3,(H,21,24)(H,19,20,22,23)/t11-/m0/s1. The number of rotatable bonds is 7. The van der Waals surface area contributed by atoms with Crippen molar-refractivity contribution in [2.75, 3.05) is 5.75 Å². The Hall–Kier alpha value is -2.12. The Kier molecular flexibility index (Phi) is 5.88. The molecule has 0 aliphatic heterocycles. The number of aromatic nitrogens is 4. The van der Waals surface area contributed by atoms with Crippen molar-refractivity contribution in [3.8, 4) is 0 Å². The third-order valence-electron chi connectivity index (χ3n) is 3.68. The second kappa shape index (κ2) is 8.31. The first-order valence-electron chi connectivity index (χ1n) is 7.94. The molecule has 1 amide bonds. The number of fused-ring (bicyclic) bond motifs is 1. The lowest BCUT2D eigenvalue weighted by Crippen LogP contribution is -2.34. The molecule has 0 bridgehead atoms. The molecule has 3 rings (SSSR count). The molecule has 25 heavy (non-hydrogen) atoms. The maximum atomic E-state index is 12.2. The molecule has 0 saturated heterocycles. The summed E-state index contributed by atoms with van der Waals surface area (Å²) in [6.07, 6.45) is 3.36. The van der Waals surface area contributed by atoms with E-state index in [4.69, 9.17) is 11.6 Å². The molecule has 2 N–H and O–H groups in total. The highest BCUT2D eigenvalue weighted by Gasteiger charge is 2.13. The van der Waals surface area contributed by atoms with Gasteiger partial charge in [-0.15, -0.1) is 0 Å². The number of hydrogen-bond acceptors (Lipinski definition) is 5. The summed E-state index contributed by atoms with van der Waals surface area (Å²) < 4.78 is 0. The maximum Gasteiger partial charge on any atom is 0.230 e. The molecular formula is C17H18ClN5OS. The van der Waals surface area contributed by atoms with E-state index in [1.54, 1.807) is 0 Å². The van der Waals surface area contributed by atoms with E-state index in [0.29, 0.717) is 16.2 Å². The van der Waals surface area contributed by atoms with Crippen LogP contribution in [-0.2, 0) is 11.2 Å². The van der Waals surface area contributed by atoms with E-state index in [9.17, 15) is 4.79 Å². The third-order valence-corrected chi connectivity index (χ3v) is 4.83. The minimum absolute atomic E-state index is 0.0343. The number of nitrogens with zero attached hydrogens (tertiary/aromatic N) is 3. The molecule has 0 unspecified atom stereocenters. The minimum atomic E-state index is -0.0343. The van der Waals surface area contributed by atoms with Crippen molar-refractivity contribution in [3.63, 3.8) is 0 Å². The number of nitrogens with one attached hydrogen (secondary N) is 2. The van der Waals surface area contributed by atoms with Crippen LogP contribution in [0.25, 0.3) is 11.2 Å². The van der Waals surface area contributed by atoms with Crippen molar-refractivity contribution in [1.29, 1.82) is 0 Å². The van der Waals surface area contributed by atoms with Gasteiger partial charge in [0.15, 0.2) is 5.65 Å². The summed E-state index contributed by atoms with van der Waals surface area (Å²) in [5, 5.41) is 3.76. The molecule has 130 valence electrons. The predicted octanol–water partition coefficient (Wildman–Crippen LogP) is 3.24. The first-order valence-corrected chi connectivity index (χ1v) is 9.31. The van der Waals surface area contributed by atoms with Crippen molar-refractivity contribution in [2.45, 2.75) is 30.8 Å². The molecule has 8 heteroatoms. The highest BCUT2D eigenvalue weighted by Crippen LogP contribution is 2.24. The predicted molar refractivity (Wildman–Crippen MR) is 99.8 cm³/mol. The van der Waals surface area contributed by atoms with Gasteiger partial charge in [0.05, 0.1) is 12.1 Å². The topological polar surface area (TPSA) is 83.6 Å². The Labute approximate surface area is 154 Å². The summed E-state index contributed by atoms with van der Waals surface area (Å²) in [5.74, 6) is 0.227. The van der Waals surface area contributed by atoms with Crippen LogP contribution in [0.15, 0.2) is 41.7 Å². The molecule has 2 heterocycles. The van der Waals surface area contributed by atoms with Crippen molar-refractivity contribution in [3.05, 3.63) is 47.5 Å². The van der Waals surface area contributed by atoms with Crippen molar-refractivity contribution in [1.82, 2.24) is 25.3 Å².